The maximum absolute atomic E-state index is 3.83. The quantitative estimate of drug-likeness (QED) is 0.233. The smallest absolute Gasteiger partial charge is 0.0351 e. The Morgan fingerprint density at radius 3 is 1.42 bits per heavy atom. The van der Waals surface area contributed by atoms with Gasteiger partial charge in [-0.3, -0.25) is 0 Å². The molecule has 0 nitrogen and oxygen atoms in total. The lowest BCUT2D eigenvalue weighted by Gasteiger charge is -1.97. The Morgan fingerprint density at radius 2 is 1.00 bits per heavy atom. The Bertz CT molecular complexity index is 200. The topological polar surface area (TPSA) is 0 Å². The highest BCUT2D eigenvalue weighted by Gasteiger charge is 1.88. The van der Waals surface area contributed by atoms with E-state index in [1.54, 1.807) is 0 Å². The third kappa shape index (κ3) is 17.5. The molecule has 0 saturated carbocycles. The molecule has 0 aromatic carbocycles. The fourth-order valence-corrected chi connectivity index (χ4v) is 2.16. The average Bonchev–Trinajstić information content (AvgIpc) is 2.43. The molecule has 0 aliphatic heterocycles. The molecule has 0 aromatic rings. The summed E-state index contributed by atoms with van der Waals surface area (Å²) in [5.41, 5.74) is 0. The van der Waals surface area contributed by atoms with Crippen LogP contribution in [0, 0.1) is 6.92 Å². The van der Waals surface area contributed by atoms with Gasteiger partial charge in [-0.05, 0) is 51.4 Å². The monoisotopic (exact) mass is 263 g/mol. The average molecular weight is 263 g/mol. The molecule has 0 rings (SSSR count). The SMILES string of the molecule is [CH2]CC/C=C/CCCCCC/C=C/CCCCCC. The van der Waals surface area contributed by atoms with Gasteiger partial charge < -0.3 is 0 Å². The van der Waals surface area contributed by atoms with E-state index in [9.17, 15) is 0 Å². The molecule has 0 saturated heterocycles. The van der Waals surface area contributed by atoms with E-state index >= 15 is 0 Å². The second-order valence-corrected chi connectivity index (χ2v) is 5.43. The molecular weight excluding hydrogens is 228 g/mol. The molecule has 0 unspecified atom stereocenters. The van der Waals surface area contributed by atoms with Crippen LogP contribution in [0.5, 0.6) is 0 Å². The molecule has 0 heteroatoms. The minimum Gasteiger partial charge on any atom is -0.0885 e. The molecule has 0 N–H and O–H groups in total. The highest BCUT2D eigenvalue weighted by molar-refractivity contribution is 4.82. The van der Waals surface area contributed by atoms with Gasteiger partial charge in [0.2, 0.25) is 0 Å². The van der Waals surface area contributed by atoms with Gasteiger partial charge in [0, 0.05) is 0 Å². The molecule has 0 aliphatic carbocycles. The number of hydrogen-bond acceptors (Lipinski definition) is 0. The van der Waals surface area contributed by atoms with Crippen molar-refractivity contribution in [3.63, 3.8) is 0 Å². The normalized spacial score (nSPS) is 11.9. The molecular formula is C19H35. The van der Waals surface area contributed by atoms with Gasteiger partial charge in [-0.25, -0.2) is 0 Å². The van der Waals surface area contributed by atoms with Crippen molar-refractivity contribution >= 4 is 0 Å². The van der Waals surface area contributed by atoms with E-state index in [1.807, 2.05) is 0 Å². The third-order valence-corrected chi connectivity index (χ3v) is 3.42. The number of unbranched alkanes of at least 4 members (excludes halogenated alkanes) is 10. The van der Waals surface area contributed by atoms with Crippen molar-refractivity contribution in [2.75, 3.05) is 0 Å². The first-order chi connectivity index (χ1) is 9.41. The first-order valence-electron chi connectivity index (χ1n) is 8.51. The van der Waals surface area contributed by atoms with Crippen LogP contribution in [-0.2, 0) is 0 Å². The summed E-state index contributed by atoms with van der Waals surface area (Å²) >= 11 is 0. The second kappa shape index (κ2) is 17.5. The predicted molar refractivity (Wildman–Crippen MR) is 89.3 cm³/mol. The lowest BCUT2D eigenvalue weighted by atomic mass is 10.1. The van der Waals surface area contributed by atoms with E-state index in [0.29, 0.717) is 0 Å². The van der Waals surface area contributed by atoms with Crippen molar-refractivity contribution in [2.45, 2.75) is 90.4 Å². The Kier molecular flexibility index (Phi) is 17.0. The van der Waals surface area contributed by atoms with Crippen molar-refractivity contribution < 1.29 is 0 Å². The maximum Gasteiger partial charge on any atom is -0.0351 e. The summed E-state index contributed by atoms with van der Waals surface area (Å²) in [6, 6.07) is 0. The summed E-state index contributed by atoms with van der Waals surface area (Å²) in [7, 11) is 0. The summed E-state index contributed by atoms with van der Waals surface area (Å²) in [6.07, 6.45) is 26.4. The minimum absolute atomic E-state index is 1.03. The first-order valence-corrected chi connectivity index (χ1v) is 8.51. The van der Waals surface area contributed by atoms with Crippen LogP contribution in [0.2, 0.25) is 0 Å². The van der Waals surface area contributed by atoms with Crippen LogP contribution in [0.4, 0.5) is 0 Å². The summed E-state index contributed by atoms with van der Waals surface area (Å²) in [4.78, 5) is 0. The molecule has 0 aliphatic rings. The second-order valence-electron chi connectivity index (χ2n) is 5.43. The van der Waals surface area contributed by atoms with Crippen molar-refractivity contribution in [3.05, 3.63) is 31.2 Å². The zero-order valence-corrected chi connectivity index (χ0v) is 13.2. The fourth-order valence-electron chi connectivity index (χ4n) is 2.16. The molecule has 0 atom stereocenters. The van der Waals surface area contributed by atoms with Gasteiger partial charge in [0.15, 0.2) is 0 Å². The highest BCUT2D eigenvalue weighted by Crippen LogP contribution is 2.08. The summed E-state index contributed by atoms with van der Waals surface area (Å²) in [5, 5.41) is 0. The van der Waals surface area contributed by atoms with Crippen molar-refractivity contribution in [3.8, 4) is 0 Å². The lowest BCUT2D eigenvalue weighted by molar-refractivity contribution is 0.649. The highest BCUT2D eigenvalue weighted by atomic mass is 13.9. The summed E-state index contributed by atoms with van der Waals surface area (Å²) in [5.74, 6) is 0. The van der Waals surface area contributed by atoms with E-state index in [-0.39, 0.29) is 0 Å². The molecule has 0 bridgehead atoms. The van der Waals surface area contributed by atoms with Crippen LogP contribution in [0.3, 0.4) is 0 Å². The maximum atomic E-state index is 3.83. The summed E-state index contributed by atoms with van der Waals surface area (Å²) in [6.45, 7) is 6.10. The number of rotatable bonds is 14. The fraction of sp³-hybridized carbons (Fsp3) is 0.737. The first kappa shape index (κ1) is 18.5. The van der Waals surface area contributed by atoms with Crippen LogP contribution in [-0.4, -0.2) is 0 Å². The lowest BCUT2D eigenvalue weighted by Crippen LogP contribution is -1.77. The third-order valence-electron chi connectivity index (χ3n) is 3.42. The largest absolute Gasteiger partial charge is 0.0885 e. The van der Waals surface area contributed by atoms with E-state index in [1.165, 1.54) is 70.6 Å². The van der Waals surface area contributed by atoms with Crippen LogP contribution in [0.1, 0.15) is 90.4 Å². The number of allylic oxidation sites excluding steroid dienone is 4. The van der Waals surface area contributed by atoms with Crippen LogP contribution in [0.25, 0.3) is 0 Å². The van der Waals surface area contributed by atoms with Gasteiger partial charge in [-0.1, -0.05) is 70.3 Å². The van der Waals surface area contributed by atoms with Crippen LogP contribution >= 0.6 is 0 Å². The molecule has 1 radical (unpaired) electrons. The Labute approximate surface area is 122 Å². The Balaban J connectivity index is 3.07. The van der Waals surface area contributed by atoms with Crippen molar-refractivity contribution in [1.82, 2.24) is 0 Å². The van der Waals surface area contributed by atoms with Crippen molar-refractivity contribution in [1.29, 1.82) is 0 Å². The predicted octanol–water partition coefficient (Wildman–Crippen LogP) is 7.02. The molecule has 0 heterocycles. The molecule has 0 amide bonds. The van der Waals surface area contributed by atoms with Gasteiger partial charge in [-0.2, -0.15) is 0 Å². The standard InChI is InChI=1S/C19H35/c1-3-5-7-9-11-13-15-17-19-18-16-14-12-10-8-6-4-2/h7,9,14,16H,1,3-6,8,10-13,15,17-19H2,2H3/b9-7+,16-14+. The van der Waals surface area contributed by atoms with E-state index in [2.05, 4.69) is 38.2 Å². The molecule has 0 spiro atoms. The summed E-state index contributed by atoms with van der Waals surface area (Å²) < 4.78 is 0. The minimum atomic E-state index is 1.03. The number of hydrogen-bond donors (Lipinski definition) is 0. The molecule has 111 valence electrons. The van der Waals surface area contributed by atoms with Gasteiger partial charge in [0.25, 0.3) is 0 Å². The Morgan fingerprint density at radius 1 is 0.579 bits per heavy atom. The zero-order valence-electron chi connectivity index (χ0n) is 13.2. The van der Waals surface area contributed by atoms with Gasteiger partial charge in [0.05, 0.1) is 0 Å². The van der Waals surface area contributed by atoms with Gasteiger partial charge >= 0.3 is 0 Å². The van der Waals surface area contributed by atoms with Crippen molar-refractivity contribution in [2.24, 2.45) is 0 Å². The van der Waals surface area contributed by atoms with Crippen LogP contribution < -0.4 is 0 Å². The van der Waals surface area contributed by atoms with Gasteiger partial charge in [-0.15, -0.1) is 0 Å². The van der Waals surface area contributed by atoms with E-state index < -0.39 is 0 Å². The molecule has 0 fully saturated rings. The van der Waals surface area contributed by atoms with E-state index in [4.69, 9.17) is 0 Å². The molecule has 19 heavy (non-hydrogen) atoms. The zero-order chi connectivity index (χ0) is 14.0. The van der Waals surface area contributed by atoms with Crippen LogP contribution in [0.15, 0.2) is 24.3 Å². The van der Waals surface area contributed by atoms with E-state index in [0.717, 1.165) is 12.8 Å². The van der Waals surface area contributed by atoms with Gasteiger partial charge in [0.1, 0.15) is 0 Å². The Hall–Kier alpha value is -0.520. The molecule has 0 aromatic heterocycles.